The van der Waals surface area contributed by atoms with Gasteiger partial charge in [-0.2, -0.15) is 0 Å². The molecule has 0 aliphatic carbocycles. The lowest BCUT2D eigenvalue weighted by molar-refractivity contribution is 0.0825. The first-order valence-corrected chi connectivity index (χ1v) is 6.26. The molecule has 0 N–H and O–H groups in total. The zero-order valence-corrected chi connectivity index (χ0v) is 10.7. The van der Waals surface area contributed by atoms with Crippen molar-refractivity contribution in [3.63, 3.8) is 0 Å². The van der Waals surface area contributed by atoms with Gasteiger partial charge < -0.3 is 14.5 Å². The molecule has 1 aromatic rings. The second kappa shape index (κ2) is 6.35. The largest absolute Gasteiger partial charge is 0.449 e. The second-order valence-corrected chi connectivity index (χ2v) is 4.48. The molecule has 0 spiro atoms. The number of likely N-dealkylation sites (N-methyl/N-ethyl adjacent to an activating group) is 1. The van der Waals surface area contributed by atoms with E-state index in [4.69, 9.17) is 4.74 Å². The van der Waals surface area contributed by atoms with Gasteiger partial charge in [0, 0.05) is 44.5 Å². The topological polar surface area (TPSA) is 45.7 Å². The molecule has 0 atom stereocenters. The Morgan fingerprint density at radius 3 is 2.78 bits per heavy atom. The minimum absolute atomic E-state index is 0.209. The van der Waals surface area contributed by atoms with Crippen molar-refractivity contribution in [2.24, 2.45) is 0 Å². The van der Waals surface area contributed by atoms with Crippen molar-refractivity contribution in [3.05, 3.63) is 30.1 Å². The molecule has 2 heterocycles. The van der Waals surface area contributed by atoms with Gasteiger partial charge in [0.2, 0.25) is 0 Å². The van der Waals surface area contributed by atoms with Crippen LogP contribution in [0.1, 0.15) is 5.69 Å². The molecule has 0 radical (unpaired) electrons. The first kappa shape index (κ1) is 12.8. The lowest BCUT2D eigenvalue weighted by Gasteiger charge is -2.31. The van der Waals surface area contributed by atoms with Gasteiger partial charge in [0.15, 0.2) is 0 Å². The van der Waals surface area contributed by atoms with Crippen LogP contribution in [0.5, 0.6) is 0 Å². The zero-order valence-electron chi connectivity index (χ0n) is 10.7. The van der Waals surface area contributed by atoms with E-state index in [1.54, 1.807) is 11.1 Å². The predicted octanol–water partition coefficient (Wildman–Crippen LogP) is 1.01. The summed E-state index contributed by atoms with van der Waals surface area (Å²) in [4.78, 5) is 19.9. The van der Waals surface area contributed by atoms with Gasteiger partial charge in [-0.25, -0.2) is 4.79 Å². The number of pyridine rings is 1. The van der Waals surface area contributed by atoms with Crippen molar-refractivity contribution in [2.45, 2.75) is 6.42 Å². The summed E-state index contributed by atoms with van der Waals surface area (Å²) in [6.45, 7) is 3.71. The number of ether oxygens (including phenoxy) is 1. The first-order chi connectivity index (χ1) is 8.75. The molecule has 2 rings (SSSR count). The Balaban J connectivity index is 1.69. The van der Waals surface area contributed by atoms with Crippen LogP contribution < -0.4 is 0 Å². The maximum Gasteiger partial charge on any atom is 0.409 e. The number of aromatic nitrogens is 1. The number of carbonyl (C=O) groups is 1. The number of hydrogen-bond donors (Lipinski definition) is 0. The lowest BCUT2D eigenvalue weighted by Crippen LogP contribution is -2.47. The Morgan fingerprint density at radius 2 is 2.11 bits per heavy atom. The van der Waals surface area contributed by atoms with Gasteiger partial charge in [-0.05, 0) is 19.2 Å². The molecular weight excluding hydrogens is 230 g/mol. The van der Waals surface area contributed by atoms with E-state index in [9.17, 15) is 4.79 Å². The van der Waals surface area contributed by atoms with Crippen LogP contribution in [0, 0.1) is 0 Å². The molecule has 0 aromatic carbocycles. The Bertz CT molecular complexity index is 375. The second-order valence-electron chi connectivity index (χ2n) is 4.48. The first-order valence-electron chi connectivity index (χ1n) is 6.26. The fourth-order valence-electron chi connectivity index (χ4n) is 1.87. The summed E-state index contributed by atoms with van der Waals surface area (Å²) in [5.41, 5.74) is 0.948. The van der Waals surface area contributed by atoms with Crippen molar-refractivity contribution in [3.8, 4) is 0 Å². The Labute approximate surface area is 107 Å². The molecule has 0 saturated carbocycles. The monoisotopic (exact) mass is 249 g/mol. The smallest absolute Gasteiger partial charge is 0.409 e. The average Bonchev–Trinajstić information content (AvgIpc) is 2.40. The summed E-state index contributed by atoms with van der Waals surface area (Å²) in [5, 5.41) is 0. The molecule has 1 fully saturated rings. The molecule has 5 nitrogen and oxygen atoms in total. The van der Waals surface area contributed by atoms with Gasteiger partial charge in [-0.1, -0.05) is 6.07 Å². The van der Waals surface area contributed by atoms with Crippen LogP contribution >= 0.6 is 0 Å². The Hall–Kier alpha value is -1.62. The van der Waals surface area contributed by atoms with E-state index in [1.165, 1.54) is 0 Å². The molecule has 0 bridgehead atoms. The van der Waals surface area contributed by atoms with E-state index in [0.717, 1.165) is 31.9 Å². The van der Waals surface area contributed by atoms with Crippen molar-refractivity contribution in [2.75, 3.05) is 39.8 Å². The molecule has 1 aromatic heterocycles. The van der Waals surface area contributed by atoms with E-state index in [-0.39, 0.29) is 6.09 Å². The van der Waals surface area contributed by atoms with Gasteiger partial charge in [-0.15, -0.1) is 0 Å². The van der Waals surface area contributed by atoms with Crippen LogP contribution in [-0.4, -0.2) is 60.7 Å². The predicted molar refractivity (Wildman–Crippen MR) is 68.4 cm³/mol. The van der Waals surface area contributed by atoms with E-state index < -0.39 is 0 Å². The number of nitrogens with zero attached hydrogens (tertiary/aromatic N) is 3. The molecule has 1 amide bonds. The van der Waals surface area contributed by atoms with Gasteiger partial charge >= 0.3 is 6.09 Å². The van der Waals surface area contributed by atoms with Crippen LogP contribution in [0.3, 0.4) is 0 Å². The molecule has 5 heteroatoms. The fraction of sp³-hybridized carbons (Fsp3) is 0.538. The third-order valence-corrected chi connectivity index (χ3v) is 3.07. The third-order valence-electron chi connectivity index (χ3n) is 3.07. The van der Waals surface area contributed by atoms with Crippen molar-refractivity contribution < 1.29 is 9.53 Å². The summed E-state index contributed by atoms with van der Waals surface area (Å²) in [5.74, 6) is 0. The quantitative estimate of drug-likeness (QED) is 0.802. The average molecular weight is 249 g/mol. The molecule has 98 valence electrons. The molecular formula is C13H19N3O2. The summed E-state index contributed by atoms with van der Waals surface area (Å²) in [7, 11) is 2.06. The van der Waals surface area contributed by atoms with E-state index in [2.05, 4.69) is 16.9 Å². The normalized spacial score (nSPS) is 16.6. The maximum atomic E-state index is 11.8. The number of hydrogen-bond acceptors (Lipinski definition) is 4. The highest BCUT2D eigenvalue weighted by atomic mass is 16.6. The van der Waals surface area contributed by atoms with Crippen LogP contribution in [0.15, 0.2) is 24.4 Å². The number of rotatable bonds is 3. The summed E-state index contributed by atoms with van der Waals surface area (Å²) in [6.07, 6.45) is 2.21. The highest BCUT2D eigenvalue weighted by Gasteiger charge is 2.19. The number of carbonyl (C=O) groups excluding carboxylic acids is 1. The van der Waals surface area contributed by atoms with Gasteiger partial charge in [0.25, 0.3) is 0 Å². The highest BCUT2D eigenvalue weighted by Crippen LogP contribution is 2.02. The van der Waals surface area contributed by atoms with Gasteiger partial charge in [-0.3, -0.25) is 4.98 Å². The standard InChI is InChI=1S/C13H19N3O2/c1-15-7-9-16(10-8-15)13(17)18-11-5-12-4-2-3-6-14-12/h2-4,6H,5,7-11H2,1H3. The molecule has 1 aliphatic heterocycles. The van der Waals surface area contributed by atoms with Crippen molar-refractivity contribution >= 4 is 6.09 Å². The molecule has 1 saturated heterocycles. The van der Waals surface area contributed by atoms with Crippen LogP contribution in [0.4, 0.5) is 4.79 Å². The zero-order chi connectivity index (χ0) is 12.8. The molecule has 1 aliphatic rings. The molecule has 0 unspecified atom stereocenters. The minimum atomic E-state index is -0.209. The number of amides is 1. The maximum absolute atomic E-state index is 11.8. The van der Waals surface area contributed by atoms with Crippen LogP contribution in [0.25, 0.3) is 0 Å². The van der Waals surface area contributed by atoms with E-state index >= 15 is 0 Å². The SMILES string of the molecule is CN1CCN(C(=O)OCCc2ccccn2)CC1. The van der Waals surface area contributed by atoms with Crippen molar-refractivity contribution in [1.82, 2.24) is 14.8 Å². The van der Waals surface area contributed by atoms with E-state index in [1.807, 2.05) is 18.2 Å². The number of piperazine rings is 1. The fourth-order valence-corrected chi connectivity index (χ4v) is 1.87. The lowest BCUT2D eigenvalue weighted by atomic mass is 10.3. The Morgan fingerprint density at radius 1 is 1.33 bits per heavy atom. The van der Waals surface area contributed by atoms with E-state index in [0.29, 0.717) is 13.0 Å². The van der Waals surface area contributed by atoms with Crippen LogP contribution in [0.2, 0.25) is 0 Å². The van der Waals surface area contributed by atoms with Crippen molar-refractivity contribution in [1.29, 1.82) is 0 Å². The minimum Gasteiger partial charge on any atom is -0.449 e. The molecule has 18 heavy (non-hydrogen) atoms. The third kappa shape index (κ3) is 3.70. The Kier molecular flexibility index (Phi) is 4.52. The highest BCUT2D eigenvalue weighted by molar-refractivity contribution is 5.67. The summed E-state index contributed by atoms with van der Waals surface area (Å²) >= 11 is 0. The summed E-state index contributed by atoms with van der Waals surface area (Å²) < 4.78 is 5.25. The van der Waals surface area contributed by atoms with Gasteiger partial charge in [0.1, 0.15) is 0 Å². The summed E-state index contributed by atoms with van der Waals surface area (Å²) in [6, 6.07) is 5.74. The van der Waals surface area contributed by atoms with Crippen LogP contribution in [-0.2, 0) is 11.2 Å². The van der Waals surface area contributed by atoms with Gasteiger partial charge in [0.05, 0.1) is 6.61 Å².